The number of unbranched alkanes of at least 4 members (excludes halogenated alkanes) is 4. The molecular formula is C25H42N2O4. The van der Waals surface area contributed by atoms with Crippen LogP contribution in [0.15, 0.2) is 23.7 Å². The summed E-state index contributed by atoms with van der Waals surface area (Å²) in [6, 6.07) is -0.293. The Morgan fingerprint density at radius 2 is 1.97 bits per heavy atom. The summed E-state index contributed by atoms with van der Waals surface area (Å²) >= 11 is 0. The minimum atomic E-state index is -0.663. The van der Waals surface area contributed by atoms with Gasteiger partial charge in [-0.05, 0) is 43.4 Å². The largest absolute Gasteiger partial charge is 0.486 e. The van der Waals surface area contributed by atoms with E-state index in [1.807, 2.05) is 12.2 Å². The molecule has 2 aliphatic heterocycles. The quantitative estimate of drug-likeness (QED) is 0.485. The van der Waals surface area contributed by atoms with Crippen molar-refractivity contribution in [3.05, 3.63) is 23.7 Å². The molecule has 1 aliphatic carbocycles. The van der Waals surface area contributed by atoms with Crippen LogP contribution < -0.4 is 5.32 Å². The van der Waals surface area contributed by atoms with Gasteiger partial charge < -0.3 is 24.8 Å². The Hall–Kier alpha value is -1.53. The topological polar surface area (TPSA) is 71.0 Å². The number of ether oxygens (including phenoxy) is 2. The summed E-state index contributed by atoms with van der Waals surface area (Å²) in [5.41, 5.74) is 0.288. The van der Waals surface area contributed by atoms with Crippen molar-refractivity contribution >= 4 is 5.91 Å². The Bertz CT molecular complexity index is 658. The second-order valence-electron chi connectivity index (χ2n) is 10.2. The van der Waals surface area contributed by atoms with Crippen molar-refractivity contribution in [1.82, 2.24) is 10.2 Å². The van der Waals surface area contributed by atoms with Gasteiger partial charge in [-0.15, -0.1) is 0 Å². The Labute approximate surface area is 188 Å². The van der Waals surface area contributed by atoms with E-state index in [4.69, 9.17) is 9.47 Å². The van der Waals surface area contributed by atoms with Crippen LogP contribution in [0.5, 0.6) is 0 Å². The second-order valence-corrected chi connectivity index (χ2v) is 10.2. The molecule has 0 radical (unpaired) electrons. The predicted octanol–water partition coefficient (Wildman–Crippen LogP) is 3.76. The molecule has 2 heterocycles. The van der Waals surface area contributed by atoms with Gasteiger partial charge in [0.25, 0.3) is 0 Å². The molecule has 31 heavy (non-hydrogen) atoms. The third kappa shape index (κ3) is 7.25. The van der Waals surface area contributed by atoms with E-state index in [9.17, 15) is 9.90 Å². The molecule has 176 valence electrons. The van der Waals surface area contributed by atoms with Gasteiger partial charge in [-0.25, -0.2) is 0 Å². The summed E-state index contributed by atoms with van der Waals surface area (Å²) in [6.45, 7) is 10.6. The van der Waals surface area contributed by atoms with Gasteiger partial charge in [0.2, 0.25) is 5.91 Å². The molecule has 3 atom stereocenters. The van der Waals surface area contributed by atoms with E-state index in [2.05, 4.69) is 31.0 Å². The molecule has 6 heteroatoms. The summed E-state index contributed by atoms with van der Waals surface area (Å²) < 4.78 is 11.4. The molecule has 2 fully saturated rings. The van der Waals surface area contributed by atoms with Gasteiger partial charge in [-0.1, -0.05) is 46.5 Å². The monoisotopic (exact) mass is 434 g/mol. The van der Waals surface area contributed by atoms with Crippen molar-refractivity contribution in [2.45, 2.75) is 84.3 Å². The van der Waals surface area contributed by atoms with Crippen molar-refractivity contribution in [3.8, 4) is 0 Å². The zero-order valence-electron chi connectivity index (χ0n) is 19.7. The molecule has 3 rings (SSSR count). The first kappa shape index (κ1) is 24.1. The van der Waals surface area contributed by atoms with Gasteiger partial charge in [0.05, 0.1) is 12.1 Å². The molecule has 0 aromatic carbocycles. The van der Waals surface area contributed by atoms with Crippen LogP contribution in [0, 0.1) is 11.3 Å². The van der Waals surface area contributed by atoms with Gasteiger partial charge in [-0.3, -0.25) is 4.79 Å². The van der Waals surface area contributed by atoms with E-state index in [1.165, 1.54) is 19.3 Å². The van der Waals surface area contributed by atoms with Gasteiger partial charge in [0.15, 0.2) is 11.5 Å². The minimum absolute atomic E-state index is 0.0518. The Balaban J connectivity index is 1.60. The number of nitrogens with one attached hydrogen (secondary N) is 1. The molecule has 2 saturated heterocycles. The van der Waals surface area contributed by atoms with Crippen LogP contribution in [0.3, 0.4) is 0 Å². The lowest BCUT2D eigenvalue weighted by Gasteiger charge is -2.34. The third-order valence-electron chi connectivity index (χ3n) is 6.70. The summed E-state index contributed by atoms with van der Waals surface area (Å²) in [7, 11) is 0. The fourth-order valence-electron chi connectivity index (χ4n) is 4.84. The predicted molar refractivity (Wildman–Crippen MR) is 122 cm³/mol. The highest BCUT2D eigenvalue weighted by Crippen LogP contribution is 2.32. The minimum Gasteiger partial charge on any atom is -0.486 e. The zero-order chi connectivity index (χ0) is 22.3. The number of amides is 1. The molecule has 3 aliphatic rings. The Morgan fingerprint density at radius 1 is 1.23 bits per heavy atom. The molecular weight excluding hydrogens is 392 g/mol. The van der Waals surface area contributed by atoms with Crippen LogP contribution in [-0.2, 0) is 14.3 Å². The molecule has 0 saturated carbocycles. The number of carbonyl (C=O) groups is 1. The number of allylic oxidation sites excluding steroid dienone is 1. The van der Waals surface area contributed by atoms with Crippen molar-refractivity contribution < 1.29 is 19.4 Å². The lowest BCUT2D eigenvalue weighted by molar-refractivity contribution is -0.123. The first-order valence-electron chi connectivity index (χ1n) is 12.3. The number of nitrogens with zero attached hydrogens (tertiary/aromatic N) is 1. The van der Waals surface area contributed by atoms with Crippen molar-refractivity contribution in [3.63, 3.8) is 0 Å². The molecule has 2 N–H and O–H groups in total. The maximum absolute atomic E-state index is 12.7. The fraction of sp³-hybridized carbons (Fsp3) is 0.800. The van der Waals surface area contributed by atoms with Crippen molar-refractivity contribution in [2.24, 2.45) is 11.3 Å². The van der Waals surface area contributed by atoms with Gasteiger partial charge in [-0.2, -0.15) is 0 Å². The molecule has 0 spiro atoms. The molecule has 0 aromatic heterocycles. The number of hydrogen-bond acceptors (Lipinski definition) is 5. The lowest BCUT2D eigenvalue weighted by Crippen LogP contribution is -2.52. The van der Waals surface area contributed by atoms with E-state index in [0.29, 0.717) is 32.6 Å². The number of carbonyl (C=O) groups excluding carboxylic acids is 1. The van der Waals surface area contributed by atoms with Crippen molar-refractivity contribution in [1.29, 1.82) is 0 Å². The number of likely N-dealkylation sites (tertiary alicyclic amines) is 1. The van der Waals surface area contributed by atoms with Crippen molar-refractivity contribution in [2.75, 3.05) is 32.8 Å². The maximum atomic E-state index is 12.7. The van der Waals surface area contributed by atoms with E-state index >= 15 is 0 Å². The van der Waals surface area contributed by atoms with E-state index < -0.39 is 6.10 Å². The number of fused-ring (bicyclic) bond motifs is 1. The molecule has 2 unspecified atom stereocenters. The van der Waals surface area contributed by atoms with Gasteiger partial charge >= 0.3 is 0 Å². The highest BCUT2D eigenvalue weighted by Gasteiger charge is 2.35. The Morgan fingerprint density at radius 3 is 2.68 bits per heavy atom. The lowest BCUT2D eigenvalue weighted by atomic mass is 9.88. The third-order valence-corrected chi connectivity index (χ3v) is 6.70. The van der Waals surface area contributed by atoms with Crippen LogP contribution >= 0.6 is 0 Å². The summed E-state index contributed by atoms with van der Waals surface area (Å²) in [4.78, 5) is 15.1. The summed E-state index contributed by atoms with van der Waals surface area (Å²) in [5.74, 6) is 1.47. The molecule has 6 nitrogen and oxygen atoms in total. The number of aliphatic hydroxyl groups is 1. The summed E-state index contributed by atoms with van der Waals surface area (Å²) in [6.07, 6.45) is 11.3. The number of aliphatic hydroxyl groups excluding tert-OH is 1. The normalized spacial score (nSPS) is 24.8. The molecule has 0 aromatic rings. The molecule has 0 bridgehead atoms. The zero-order valence-corrected chi connectivity index (χ0v) is 19.7. The highest BCUT2D eigenvalue weighted by atomic mass is 16.6. The second kappa shape index (κ2) is 11.4. The Kier molecular flexibility index (Phi) is 8.85. The SMILES string of the molecule is CCCCCCCC(=O)N[C@H](CN1CCC(C)(C)C1)C(O)C1C=C2OCCOC2=CC1. The standard InChI is InChI=1S/C25H42N2O4/c1-4-5-6-7-8-9-23(28)26-20(17-27-13-12-25(2,3)18-27)24(29)19-10-11-21-22(16-19)31-15-14-30-21/h11,16,19-20,24,29H,4-10,12-15,17-18H2,1-3H3,(H,26,28)/t19?,20-,24?/m1/s1. The summed E-state index contributed by atoms with van der Waals surface area (Å²) in [5, 5.41) is 14.5. The fourth-order valence-corrected chi connectivity index (χ4v) is 4.84. The highest BCUT2D eigenvalue weighted by molar-refractivity contribution is 5.76. The van der Waals surface area contributed by atoms with Crippen LogP contribution in [0.4, 0.5) is 0 Å². The first-order valence-corrected chi connectivity index (χ1v) is 12.3. The molecule has 1 amide bonds. The average molecular weight is 435 g/mol. The van der Waals surface area contributed by atoms with E-state index in [1.54, 1.807) is 0 Å². The number of rotatable bonds is 11. The smallest absolute Gasteiger partial charge is 0.220 e. The van der Waals surface area contributed by atoms with Crippen LogP contribution in [0.2, 0.25) is 0 Å². The van der Waals surface area contributed by atoms with Gasteiger partial charge in [0.1, 0.15) is 13.2 Å². The maximum Gasteiger partial charge on any atom is 0.220 e. The van der Waals surface area contributed by atoms with Crippen LogP contribution in [-0.4, -0.2) is 60.9 Å². The van der Waals surface area contributed by atoms with Crippen LogP contribution in [0.25, 0.3) is 0 Å². The van der Waals surface area contributed by atoms with Crippen LogP contribution in [0.1, 0.15) is 72.1 Å². The van der Waals surface area contributed by atoms with E-state index in [-0.39, 0.29) is 23.3 Å². The first-order chi connectivity index (χ1) is 14.9. The average Bonchev–Trinajstić information content (AvgIpc) is 3.10. The van der Waals surface area contributed by atoms with Gasteiger partial charge in [0, 0.05) is 25.4 Å². The number of hydrogen-bond donors (Lipinski definition) is 2. The van der Waals surface area contributed by atoms with E-state index in [0.717, 1.165) is 43.9 Å².